The minimum absolute atomic E-state index is 0.0787. The standard InChI is InChI=1S/C18H21FN2O4S/c1-12(2)21(3)18(22)13-5-10-16(19)17(11-13)26(23,24)20-14-6-8-15(25-4)9-7-14/h5-12,20H,1-4H3. The van der Waals surface area contributed by atoms with E-state index in [4.69, 9.17) is 4.74 Å². The molecule has 6 nitrogen and oxygen atoms in total. The first-order chi connectivity index (χ1) is 12.2. The number of carbonyl (C=O) groups excluding carboxylic acids is 1. The molecule has 2 aromatic carbocycles. The van der Waals surface area contributed by atoms with Gasteiger partial charge in [-0.15, -0.1) is 0 Å². The number of ether oxygens (including phenoxy) is 1. The molecular formula is C18H21FN2O4S. The molecular weight excluding hydrogens is 359 g/mol. The molecule has 0 spiro atoms. The average Bonchev–Trinajstić information content (AvgIpc) is 2.61. The van der Waals surface area contributed by atoms with Crippen LogP contribution < -0.4 is 9.46 Å². The van der Waals surface area contributed by atoms with Gasteiger partial charge in [-0.2, -0.15) is 0 Å². The van der Waals surface area contributed by atoms with E-state index in [-0.39, 0.29) is 23.2 Å². The molecule has 2 aromatic rings. The molecule has 26 heavy (non-hydrogen) atoms. The van der Waals surface area contributed by atoms with E-state index >= 15 is 0 Å². The highest BCUT2D eigenvalue weighted by Gasteiger charge is 2.23. The number of nitrogens with zero attached hydrogens (tertiary/aromatic N) is 1. The Morgan fingerprint density at radius 1 is 1.15 bits per heavy atom. The second-order valence-electron chi connectivity index (χ2n) is 5.99. The predicted molar refractivity (Wildman–Crippen MR) is 97.4 cm³/mol. The van der Waals surface area contributed by atoms with Gasteiger partial charge in [-0.3, -0.25) is 9.52 Å². The SMILES string of the molecule is COc1ccc(NS(=O)(=O)c2cc(C(=O)N(C)C(C)C)ccc2F)cc1. The monoisotopic (exact) mass is 380 g/mol. The van der Waals surface area contributed by atoms with Crippen LogP contribution in [0.4, 0.5) is 10.1 Å². The van der Waals surface area contributed by atoms with Crippen molar-refractivity contribution in [3.63, 3.8) is 0 Å². The Morgan fingerprint density at radius 2 is 1.77 bits per heavy atom. The second-order valence-corrected chi connectivity index (χ2v) is 7.64. The highest BCUT2D eigenvalue weighted by Crippen LogP contribution is 2.22. The lowest BCUT2D eigenvalue weighted by Crippen LogP contribution is -2.33. The first kappa shape index (κ1) is 19.7. The number of sulfonamides is 1. The van der Waals surface area contributed by atoms with Crippen molar-refractivity contribution in [2.75, 3.05) is 18.9 Å². The third-order valence-corrected chi connectivity index (χ3v) is 5.30. The van der Waals surface area contributed by atoms with Gasteiger partial charge in [0.1, 0.15) is 16.5 Å². The van der Waals surface area contributed by atoms with E-state index < -0.39 is 20.7 Å². The molecule has 2 rings (SSSR count). The normalized spacial score (nSPS) is 11.3. The van der Waals surface area contributed by atoms with Gasteiger partial charge in [0.15, 0.2) is 0 Å². The molecule has 0 aliphatic carbocycles. The summed E-state index contributed by atoms with van der Waals surface area (Å²) in [5.74, 6) is -0.765. The molecule has 0 unspecified atom stereocenters. The van der Waals surface area contributed by atoms with Crippen molar-refractivity contribution in [1.29, 1.82) is 0 Å². The maximum atomic E-state index is 14.1. The first-order valence-electron chi connectivity index (χ1n) is 7.89. The number of rotatable bonds is 6. The minimum Gasteiger partial charge on any atom is -0.497 e. The molecule has 0 fully saturated rings. The van der Waals surface area contributed by atoms with Gasteiger partial charge < -0.3 is 9.64 Å². The first-order valence-corrected chi connectivity index (χ1v) is 9.37. The van der Waals surface area contributed by atoms with Crippen molar-refractivity contribution in [2.24, 2.45) is 0 Å². The number of benzene rings is 2. The van der Waals surface area contributed by atoms with Crippen LogP contribution in [-0.4, -0.2) is 39.4 Å². The zero-order valence-electron chi connectivity index (χ0n) is 15.0. The Balaban J connectivity index is 2.36. The highest BCUT2D eigenvalue weighted by atomic mass is 32.2. The topological polar surface area (TPSA) is 75.7 Å². The number of nitrogens with one attached hydrogen (secondary N) is 1. The molecule has 0 bridgehead atoms. The molecule has 1 N–H and O–H groups in total. The molecule has 0 saturated carbocycles. The molecule has 140 valence electrons. The number of carbonyl (C=O) groups is 1. The van der Waals surface area contributed by atoms with Crippen molar-refractivity contribution in [2.45, 2.75) is 24.8 Å². The van der Waals surface area contributed by atoms with Crippen molar-refractivity contribution in [3.05, 3.63) is 53.8 Å². The zero-order valence-corrected chi connectivity index (χ0v) is 15.8. The number of hydrogen-bond donors (Lipinski definition) is 1. The summed E-state index contributed by atoms with van der Waals surface area (Å²) >= 11 is 0. The summed E-state index contributed by atoms with van der Waals surface area (Å²) in [5, 5.41) is 0. The maximum absolute atomic E-state index is 14.1. The quantitative estimate of drug-likeness (QED) is 0.835. The summed E-state index contributed by atoms with van der Waals surface area (Å²) in [5.41, 5.74) is 0.346. The van der Waals surface area contributed by atoms with Crippen LogP contribution in [0.15, 0.2) is 47.4 Å². The fraction of sp³-hybridized carbons (Fsp3) is 0.278. The van der Waals surface area contributed by atoms with Crippen LogP contribution in [-0.2, 0) is 10.0 Å². The van der Waals surface area contributed by atoms with Crippen LogP contribution >= 0.6 is 0 Å². The van der Waals surface area contributed by atoms with Gasteiger partial charge in [0.05, 0.1) is 7.11 Å². The molecule has 0 aliphatic rings. The van der Waals surface area contributed by atoms with Crippen LogP contribution in [0.1, 0.15) is 24.2 Å². The summed E-state index contributed by atoms with van der Waals surface area (Å²) in [6.45, 7) is 3.65. The molecule has 0 aliphatic heterocycles. The van der Waals surface area contributed by atoms with E-state index in [0.717, 1.165) is 12.1 Å². The average molecular weight is 380 g/mol. The number of amides is 1. The summed E-state index contributed by atoms with van der Waals surface area (Å²) in [7, 11) is -1.11. The third kappa shape index (κ3) is 4.32. The van der Waals surface area contributed by atoms with E-state index in [1.807, 2.05) is 13.8 Å². The lowest BCUT2D eigenvalue weighted by atomic mass is 10.2. The summed E-state index contributed by atoms with van der Waals surface area (Å²) in [6.07, 6.45) is 0. The number of hydrogen-bond acceptors (Lipinski definition) is 4. The summed E-state index contributed by atoms with van der Waals surface area (Å²) < 4.78 is 46.5. The molecule has 0 aromatic heterocycles. The van der Waals surface area contributed by atoms with Crippen LogP contribution in [0.3, 0.4) is 0 Å². The van der Waals surface area contributed by atoms with Gasteiger partial charge in [-0.05, 0) is 56.3 Å². The maximum Gasteiger partial charge on any atom is 0.264 e. The van der Waals surface area contributed by atoms with Crippen molar-refractivity contribution < 1.29 is 22.3 Å². The molecule has 0 heterocycles. The van der Waals surface area contributed by atoms with Gasteiger partial charge in [0, 0.05) is 24.3 Å². The lowest BCUT2D eigenvalue weighted by Gasteiger charge is -2.21. The van der Waals surface area contributed by atoms with Crippen LogP contribution in [0.2, 0.25) is 0 Å². The van der Waals surface area contributed by atoms with Gasteiger partial charge >= 0.3 is 0 Å². The van der Waals surface area contributed by atoms with E-state index in [2.05, 4.69) is 4.72 Å². The van der Waals surface area contributed by atoms with Crippen LogP contribution in [0.25, 0.3) is 0 Å². The molecule has 1 amide bonds. The van der Waals surface area contributed by atoms with Crippen LogP contribution in [0.5, 0.6) is 5.75 Å². The highest BCUT2D eigenvalue weighted by molar-refractivity contribution is 7.92. The number of anilines is 1. The Bertz CT molecular complexity index is 896. The van der Waals surface area contributed by atoms with Gasteiger partial charge in [0.25, 0.3) is 15.9 Å². The Labute approximate surface area is 152 Å². The zero-order chi connectivity index (χ0) is 19.5. The van der Waals surface area contributed by atoms with Crippen molar-refractivity contribution in [1.82, 2.24) is 4.90 Å². The number of halogens is 1. The lowest BCUT2D eigenvalue weighted by molar-refractivity contribution is 0.0754. The Kier molecular flexibility index (Phi) is 5.86. The molecule has 0 saturated heterocycles. The minimum atomic E-state index is -4.20. The smallest absolute Gasteiger partial charge is 0.264 e. The van der Waals surface area contributed by atoms with E-state index in [0.29, 0.717) is 5.75 Å². The van der Waals surface area contributed by atoms with Crippen molar-refractivity contribution in [3.8, 4) is 5.75 Å². The van der Waals surface area contributed by atoms with Crippen molar-refractivity contribution >= 4 is 21.6 Å². The third-order valence-electron chi connectivity index (χ3n) is 3.90. The van der Waals surface area contributed by atoms with Gasteiger partial charge in [-0.25, -0.2) is 12.8 Å². The summed E-state index contributed by atoms with van der Waals surface area (Å²) in [6, 6.07) is 9.35. The van der Waals surface area contributed by atoms with E-state index in [9.17, 15) is 17.6 Å². The Hall–Kier alpha value is -2.61. The van der Waals surface area contributed by atoms with E-state index in [1.165, 1.54) is 30.2 Å². The largest absolute Gasteiger partial charge is 0.497 e. The fourth-order valence-corrected chi connectivity index (χ4v) is 3.31. The van der Waals surface area contributed by atoms with Gasteiger partial charge in [0.2, 0.25) is 0 Å². The fourth-order valence-electron chi connectivity index (χ4n) is 2.15. The van der Waals surface area contributed by atoms with E-state index in [1.54, 1.807) is 19.2 Å². The molecule has 8 heteroatoms. The number of methoxy groups -OCH3 is 1. The second kappa shape index (κ2) is 7.74. The Morgan fingerprint density at radius 3 is 2.31 bits per heavy atom. The molecule has 0 radical (unpaired) electrons. The molecule has 0 atom stereocenters. The summed E-state index contributed by atoms with van der Waals surface area (Å²) in [4.78, 5) is 13.2. The van der Waals surface area contributed by atoms with Gasteiger partial charge in [-0.1, -0.05) is 0 Å². The van der Waals surface area contributed by atoms with Crippen LogP contribution in [0, 0.1) is 5.82 Å². The predicted octanol–water partition coefficient (Wildman–Crippen LogP) is 3.12.